The van der Waals surface area contributed by atoms with E-state index in [0.717, 1.165) is 11.5 Å². The Morgan fingerprint density at radius 1 is 1.28 bits per heavy atom. The lowest BCUT2D eigenvalue weighted by Crippen LogP contribution is -2.51. The third-order valence-corrected chi connectivity index (χ3v) is 6.28. The van der Waals surface area contributed by atoms with Crippen molar-refractivity contribution in [1.82, 2.24) is 9.80 Å². The van der Waals surface area contributed by atoms with Crippen LogP contribution in [0.4, 0.5) is 0 Å². The molecule has 0 aliphatic carbocycles. The van der Waals surface area contributed by atoms with Crippen molar-refractivity contribution < 1.29 is 23.9 Å². The second-order valence-corrected chi connectivity index (χ2v) is 8.24. The smallest absolute Gasteiger partial charge is 0.311 e. The van der Waals surface area contributed by atoms with E-state index in [1.165, 1.54) is 18.0 Å². The molecule has 2 saturated heterocycles. The maximum absolute atomic E-state index is 13.0. The van der Waals surface area contributed by atoms with Crippen molar-refractivity contribution in [3.63, 3.8) is 0 Å². The average Bonchev–Trinajstić information content (AvgIpc) is 3.21. The molecule has 0 saturated carbocycles. The SMILES string of the molecule is Cc1coc(CC(=O)O)c1C(=O)N1CSCC1C(=O)N1CCSCC1. The molecule has 1 N–H and O–H groups in total. The van der Waals surface area contributed by atoms with Gasteiger partial charge in [0.2, 0.25) is 5.91 Å². The molecule has 2 aliphatic heterocycles. The molecule has 9 heteroatoms. The van der Waals surface area contributed by atoms with E-state index in [2.05, 4.69) is 0 Å². The monoisotopic (exact) mass is 384 g/mol. The number of carboxylic acid groups (broad SMARTS) is 1. The highest BCUT2D eigenvalue weighted by Gasteiger charge is 2.39. The molecule has 1 aromatic heterocycles. The van der Waals surface area contributed by atoms with E-state index >= 15 is 0 Å². The fraction of sp³-hybridized carbons (Fsp3) is 0.562. The highest BCUT2D eigenvalue weighted by molar-refractivity contribution is 7.99. The van der Waals surface area contributed by atoms with Gasteiger partial charge < -0.3 is 19.3 Å². The van der Waals surface area contributed by atoms with Crippen LogP contribution in [0.25, 0.3) is 0 Å². The number of thioether (sulfide) groups is 2. The van der Waals surface area contributed by atoms with Crippen LogP contribution in [0, 0.1) is 6.92 Å². The fourth-order valence-electron chi connectivity index (χ4n) is 3.04. The lowest BCUT2D eigenvalue weighted by Gasteiger charge is -2.32. The van der Waals surface area contributed by atoms with Crippen LogP contribution in [-0.4, -0.2) is 75.0 Å². The van der Waals surface area contributed by atoms with Crippen molar-refractivity contribution in [2.24, 2.45) is 0 Å². The van der Waals surface area contributed by atoms with E-state index in [4.69, 9.17) is 9.52 Å². The van der Waals surface area contributed by atoms with Gasteiger partial charge in [-0.1, -0.05) is 0 Å². The second kappa shape index (κ2) is 7.74. The van der Waals surface area contributed by atoms with Crippen LogP contribution >= 0.6 is 23.5 Å². The molecular formula is C16H20N2O5S2. The van der Waals surface area contributed by atoms with E-state index in [9.17, 15) is 14.4 Å². The summed E-state index contributed by atoms with van der Waals surface area (Å²) in [5, 5.41) is 9.01. The van der Waals surface area contributed by atoms with Gasteiger partial charge in [-0.2, -0.15) is 11.8 Å². The number of carbonyl (C=O) groups is 3. The number of aryl methyl sites for hydroxylation is 1. The normalized spacial score (nSPS) is 20.8. The molecule has 7 nitrogen and oxygen atoms in total. The first-order valence-electron chi connectivity index (χ1n) is 8.03. The molecular weight excluding hydrogens is 364 g/mol. The predicted octanol–water partition coefficient (Wildman–Crippen LogP) is 1.31. The van der Waals surface area contributed by atoms with Gasteiger partial charge in [-0.05, 0) is 6.92 Å². The molecule has 3 rings (SSSR count). The van der Waals surface area contributed by atoms with Crippen LogP contribution in [0.2, 0.25) is 0 Å². The van der Waals surface area contributed by atoms with Crippen LogP contribution in [-0.2, 0) is 16.0 Å². The Bertz CT molecular complexity index is 684. The summed E-state index contributed by atoms with van der Waals surface area (Å²) < 4.78 is 5.27. The Morgan fingerprint density at radius 2 is 2.00 bits per heavy atom. The van der Waals surface area contributed by atoms with Gasteiger partial charge in [0.25, 0.3) is 5.91 Å². The number of furan rings is 1. The van der Waals surface area contributed by atoms with Crippen molar-refractivity contribution in [3.05, 3.63) is 23.2 Å². The third-order valence-electron chi connectivity index (χ3n) is 4.33. The number of rotatable bonds is 4. The molecule has 0 spiro atoms. The standard InChI is InChI=1S/C16H20N2O5S2/c1-10-7-23-12(6-13(19)20)14(10)16(22)18-9-25-8-11(18)15(21)17-2-4-24-5-3-17/h7,11H,2-6,8-9H2,1H3,(H,19,20). The zero-order valence-electron chi connectivity index (χ0n) is 13.9. The summed E-state index contributed by atoms with van der Waals surface area (Å²) in [6, 6.07) is -0.493. The number of hydrogen-bond acceptors (Lipinski definition) is 6. The van der Waals surface area contributed by atoms with Crippen molar-refractivity contribution in [3.8, 4) is 0 Å². The third kappa shape index (κ3) is 3.82. The number of carboxylic acids is 1. The van der Waals surface area contributed by atoms with Crippen molar-refractivity contribution in [2.75, 3.05) is 36.2 Å². The summed E-state index contributed by atoms with van der Waals surface area (Å²) in [5.41, 5.74) is 0.871. The fourth-order valence-corrected chi connectivity index (χ4v) is 5.09. The number of hydrogen-bond donors (Lipinski definition) is 1. The number of amides is 2. The van der Waals surface area contributed by atoms with Gasteiger partial charge in [0, 0.05) is 35.9 Å². The predicted molar refractivity (Wildman–Crippen MR) is 96.0 cm³/mol. The van der Waals surface area contributed by atoms with Gasteiger partial charge in [-0.15, -0.1) is 11.8 Å². The number of nitrogens with zero attached hydrogens (tertiary/aromatic N) is 2. The minimum absolute atomic E-state index is 0.0143. The quantitative estimate of drug-likeness (QED) is 0.837. The Morgan fingerprint density at radius 3 is 2.68 bits per heavy atom. The molecule has 2 fully saturated rings. The van der Waals surface area contributed by atoms with Gasteiger partial charge in [-0.25, -0.2) is 0 Å². The summed E-state index contributed by atoms with van der Waals surface area (Å²) >= 11 is 3.36. The van der Waals surface area contributed by atoms with E-state index < -0.39 is 12.0 Å². The summed E-state index contributed by atoms with van der Waals surface area (Å²) in [6.07, 6.45) is 1.05. The molecule has 3 heterocycles. The van der Waals surface area contributed by atoms with Crippen LogP contribution in [0.15, 0.2) is 10.7 Å². The Balaban J connectivity index is 1.80. The van der Waals surface area contributed by atoms with Crippen molar-refractivity contribution >= 4 is 41.3 Å². The highest BCUT2D eigenvalue weighted by atomic mass is 32.2. The lowest BCUT2D eigenvalue weighted by atomic mass is 10.1. The van der Waals surface area contributed by atoms with Crippen LogP contribution in [0.1, 0.15) is 21.7 Å². The van der Waals surface area contributed by atoms with E-state index in [-0.39, 0.29) is 29.6 Å². The topological polar surface area (TPSA) is 91.1 Å². The Kier molecular flexibility index (Phi) is 5.63. The van der Waals surface area contributed by atoms with Gasteiger partial charge >= 0.3 is 5.97 Å². The molecule has 136 valence electrons. The molecule has 2 amide bonds. The minimum atomic E-state index is -1.06. The molecule has 1 unspecified atom stereocenters. The van der Waals surface area contributed by atoms with Gasteiger partial charge in [0.05, 0.1) is 17.7 Å². The van der Waals surface area contributed by atoms with E-state index in [1.807, 2.05) is 16.7 Å². The molecule has 2 aliphatic rings. The Hall–Kier alpha value is -1.61. The second-order valence-electron chi connectivity index (χ2n) is 6.02. The number of aliphatic carboxylic acids is 1. The number of carbonyl (C=O) groups excluding carboxylic acids is 2. The zero-order chi connectivity index (χ0) is 18.0. The Labute approximate surface area is 154 Å². The average molecular weight is 384 g/mol. The summed E-state index contributed by atoms with van der Waals surface area (Å²) in [7, 11) is 0. The van der Waals surface area contributed by atoms with E-state index in [0.29, 0.717) is 30.3 Å². The summed E-state index contributed by atoms with van der Waals surface area (Å²) in [6.45, 7) is 3.13. The maximum Gasteiger partial charge on any atom is 0.311 e. The molecule has 0 bridgehead atoms. The van der Waals surface area contributed by atoms with Gasteiger partial charge in [-0.3, -0.25) is 14.4 Å². The lowest BCUT2D eigenvalue weighted by molar-refractivity contribution is -0.136. The molecule has 1 atom stereocenters. The van der Waals surface area contributed by atoms with Crippen LogP contribution < -0.4 is 0 Å². The molecule has 1 aromatic rings. The van der Waals surface area contributed by atoms with Crippen LogP contribution in [0.3, 0.4) is 0 Å². The van der Waals surface area contributed by atoms with Crippen molar-refractivity contribution in [2.45, 2.75) is 19.4 Å². The molecule has 25 heavy (non-hydrogen) atoms. The summed E-state index contributed by atoms with van der Waals surface area (Å²) in [5.74, 6) is 1.59. The molecule has 0 aromatic carbocycles. The maximum atomic E-state index is 13.0. The first-order valence-corrected chi connectivity index (χ1v) is 10.3. The largest absolute Gasteiger partial charge is 0.481 e. The zero-order valence-corrected chi connectivity index (χ0v) is 15.5. The first kappa shape index (κ1) is 18.2. The van der Waals surface area contributed by atoms with Crippen LogP contribution in [0.5, 0.6) is 0 Å². The minimum Gasteiger partial charge on any atom is -0.481 e. The first-order chi connectivity index (χ1) is 12.0. The highest BCUT2D eigenvalue weighted by Crippen LogP contribution is 2.28. The summed E-state index contributed by atoms with van der Waals surface area (Å²) in [4.78, 5) is 40.2. The van der Waals surface area contributed by atoms with Crippen molar-refractivity contribution in [1.29, 1.82) is 0 Å². The van der Waals surface area contributed by atoms with E-state index in [1.54, 1.807) is 11.8 Å². The van der Waals surface area contributed by atoms with Gasteiger partial charge in [0.15, 0.2) is 0 Å². The molecule has 0 radical (unpaired) electrons. The van der Waals surface area contributed by atoms with Gasteiger partial charge in [0.1, 0.15) is 18.2 Å².